The minimum absolute atomic E-state index is 1.25. The normalized spacial score (nSPS) is 10.9. The van der Waals surface area contributed by atoms with Crippen molar-refractivity contribution in [1.82, 2.24) is 0 Å². The number of thiophene rings is 3. The van der Waals surface area contributed by atoms with Gasteiger partial charge in [0.2, 0.25) is 0 Å². The lowest BCUT2D eigenvalue weighted by Gasteiger charge is -2.02. The molecule has 0 radical (unpaired) electrons. The topological polar surface area (TPSA) is 0 Å². The maximum atomic E-state index is 2.44. The SMILES string of the molecule is CCCCCCc1ccsc1.CCCCCCc1csc(-c2sccc2CCCCCC)c1. The van der Waals surface area contributed by atoms with Crippen molar-refractivity contribution in [2.24, 2.45) is 0 Å². The predicted octanol–water partition coefficient (Wildman–Crippen LogP) is 11.6. The predicted molar refractivity (Wildman–Crippen MR) is 155 cm³/mol. The van der Waals surface area contributed by atoms with Crippen molar-refractivity contribution in [3.8, 4) is 9.75 Å². The Balaban J connectivity index is 0.000000294. The van der Waals surface area contributed by atoms with E-state index in [1.165, 1.54) is 112 Å². The molecule has 0 aliphatic heterocycles. The smallest absolute Gasteiger partial charge is 0.0474 e. The van der Waals surface area contributed by atoms with Gasteiger partial charge in [-0.2, -0.15) is 11.3 Å². The molecule has 0 amide bonds. The highest BCUT2D eigenvalue weighted by Crippen LogP contribution is 2.35. The van der Waals surface area contributed by atoms with Gasteiger partial charge in [0, 0.05) is 9.75 Å². The molecule has 3 heteroatoms. The van der Waals surface area contributed by atoms with E-state index in [2.05, 4.69) is 60.5 Å². The second-order valence-corrected chi connectivity index (χ2v) is 11.8. The quantitative estimate of drug-likeness (QED) is 0.171. The first kappa shape index (κ1) is 28.3. The largest absolute Gasteiger partial charge is 0.152 e. The third-order valence-electron chi connectivity index (χ3n) is 6.14. The van der Waals surface area contributed by atoms with Crippen molar-refractivity contribution in [1.29, 1.82) is 0 Å². The average Bonchev–Trinajstić information content (AvgIpc) is 3.60. The lowest BCUT2D eigenvalue weighted by Crippen LogP contribution is -1.85. The molecular formula is C30H46S3. The maximum absolute atomic E-state index is 2.44. The molecule has 0 unspecified atom stereocenters. The molecule has 3 heterocycles. The van der Waals surface area contributed by atoms with Crippen LogP contribution >= 0.6 is 34.0 Å². The highest BCUT2D eigenvalue weighted by molar-refractivity contribution is 7.20. The van der Waals surface area contributed by atoms with E-state index in [4.69, 9.17) is 0 Å². The van der Waals surface area contributed by atoms with E-state index in [-0.39, 0.29) is 0 Å². The van der Waals surface area contributed by atoms with Crippen LogP contribution < -0.4 is 0 Å². The van der Waals surface area contributed by atoms with Crippen LogP contribution in [0.4, 0.5) is 0 Å². The van der Waals surface area contributed by atoms with Crippen LogP contribution in [0.3, 0.4) is 0 Å². The molecule has 0 bridgehead atoms. The van der Waals surface area contributed by atoms with E-state index < -0.39 is 0 Å². The van der Waals surface area contributed by atoms with Gasteiger partial charge in [-0.25, -0.2) is 0 Å². The summed E-state index contributed by atoms with van der Waals surface area (Å²) >= 11 is 5.66. The Kier molecular flexibility index (Phi) is 15.8. The van der Waals surface area contributed by atoms with Gasteiger partial charge in [0.1, 0.15) is 0 Å². The molecule has 0 saturated carbocycles. The first-order chi connectivity index (χ1) is 16.3. The molecular weight excluding hydrogens is 457 g/mol. The van der Waals surface area contributed by atoms with Gasteiger partial charge in [-0.15, -0.1) is 22.7 Å². The fourth-order valence-corrected chi connectivity index (χ4v) is 6.84. The first-order valence-corrected chi connectivity index (χ1v) is 16.1. The fourth-order valence-electron chi connectivity index (χ4n) is 4.06. The molecule has 0 aliphatic rings. The summed E-state index contributed by atoms with van der Waals surface area (Å²) in [5.74, 6) is 0. The number of rotatable bonds is 16. The monoisotopic (exact) mass is 502 g/mol. The highest BCUT2D eigenvalue weighted by Gasteiger charge is 2.09. The van der Waals surface area contributed by atoms with Crippen molar-refractivity contribution in [2.75, 3.05) is 0 Å². The Hall–Kier alpha value is -0.900. The fraction of sp³-hybridized carbons (Fsp3) is 0.600. The number of aryl methyl sites for hydroxylation is 3. The van der Waals surface area contributed by atoms with E-state index in [1.807, 2.05) is 22.7 Å². The van der Waals surface area contributed by atoms with Crippen molar-refractivity contribution >= 4 is 34.0 Å². The lowest BCUT2D eigenvalue weighted by molar-refractivity contribution is 0.667. The van der Waals surface area contributed by atoms with Crippen LogP contribution in [0.2, 0.25) is 0 Å². The Bertz CT molecular complexity index is 809. The summed E-state index contributed by atoms with van der Waals surface area (Å²) in [4.78, 5) is 3.02. The van der Waals surface area contributed by atoms with E-state index in [0.717, 1.165) is 0 Å². The lowest BCUT2D eigenvalue weighted by atomic mass is 10.1. The second kappa shape index (κ2) is 18.4. The zero-order valence-electron chi connectivity index (χ0n) is 21.4. The summed E-state index contributed by atoms with van der Waals surface area (Å²) in [5.41, 5.74) is 4.63. The molecule has 0 aliphatic carbocycles. The van der Waals surface area contributed by atoms with Crippen LogP contribution in [-0.2, 0) is 19.3 Å². The summed E-state index contributed by atoms with van der Waals surface area (Å²) in [5, 5.41) is 9.06. The standard InChI is InChI=1S/C20H30S2.C10H16S/c1-3-5-7-9-11-17-15-19(22-16-17)20-18(13-14-21-20)12-10-8-6-4-2;1-2-3-4-5-6-10-7-8-11-9-10/h13-16H,3-12H2,1-2H3;7-9H,2-6H2,1H3. The van der Waals surface area contributed by atoms with Crippen LogP contribution in [-0.4, -0.2) is 0 Å². The zero-order chi connectivity index (χ0) is 23.6. The van der Waals surface area contributed by atoms with E-state index in [0.29, 0.717) is 0 Å². The third-order valence-corrected chi connectivity index (χ3v) is 8.99. The van der Waals surface area contributed by atoms with Crippen LogP contribution in [0, 0.1) is 0 Å². The average molecular weight is 503 g/mol. The van der Waals surface area contributed by atoms with Gasteiger partial charge in [0.05, 0.1) is 0 Å². The highest BCUT2D eigenvalue weighted by atomic mass is 32.1. The molecule has 0 nitrogen and oxygen atoms in total. The Labute approximate surface area is 216 Å². The van der Waals surface area contributed by atoms with Gasteiger partial charge in [-0.3, -0.25) is 0 Å². The Morgan fingerprint density at radius 3 is 1.82 bits per heavy atom. The van der Waals surface area contributed by atoms with Gasteiger partial charge >= 0.3 is 0 Å². The van der Waals surface area contributed by atoms with Crippen molar-refractivity contribution in [3.63, 3.8) is 0 Å². The molecule has 3 aromatic heterocycles. The molecule has 0 atom stereocenters. The molecule has 0 saturated heterocycles. The van der Waals surface area contributed by atoms with E-state index in [9.17, 15) is 0 Å². The number of hydrogen-bond acceptors (Lipinski definition) is 3. The van der Waals surface area contributed by atoms with Crippen molar-refractivity contribution in [2.45, 2.75) is 117 Å². The summed E-state index contributed by atoms with van der Waals surface area (Å²) in [7, 11) is 0. The van der Waals surface area contributed by atoms with Gasteiger partial charge in [-0.05, 0) is 94.9 Å². The van der Waals surface area contributed by atoms with Crippen LogP contribution in [0.5, 0.6) is 0 Å². The number of unbranched alkanes of at least 4 members (excludes halogenated alkanes) is 9. The zero-order valence-corrected chi connectivity index (χ0v) is 23.8. The minimum atomic E-state index is 1.25. The number of hydrogen-bond donors (Lipinski definition) is 0. The Morgan fingerprint density at radius 1 is 0.576 bits per heavy atom. The molecule has 0 spiro atoms. The Morgan fingerprint density at radius 2 is 1.21 bits per heavy atom. The van der Waals surface area contributed by atoms with Crippen LogP contribution in [0.25, 0.3) is 9.75 Å². The van der Waals surface area contributed by atoms with E-state index >= 15 is 0 Å². The molecule has 0 aromatic carbocycles. The summed E-state index contributed by atoms with van der Waals surface area (Å²) in [6.45, 7) is 6.82. The van der Waals surface area contributed by atoms with Gasteiger partial charge in [-0.1, -0.05) is 78.6 Å². The van der Waals surface area contributed by atoms with Gasteiger partial charge < -0.3 is 0 Å². The van der Waals surface area contributed by atoms with Crippen LogP contribution in [0.1, 0.15) is 115 Å². The second-order valence-electron chi connectivity index (χ2n) is 9.16. The van der Waals surface area contributed by atoms with Gasteiger partial charge in [0.15, 0.2) is 0 Å². The van der Waals surface area contributed by atoms with Gasteiger partial charge in [0.25, 0.3) is 0 Å². The first-order valence-electron chi connectivity index (χ1n) is 13.4. The molecule has 3 rings (SSSR count). The molecule has 3 aromatic rings. The molecule has 184 valence electrons. The summed E-state index contributed by atoms with van der Waals surface area (Å²) < 4.78 is 0. The molecule has 0 N–H and O–H groups in total. The van der Waals surface area contributed by atoms with Crippen molar-refractivity contribution < 1.29 is 0 Å². The molecule has 0 fully saturated rings. The minimum Gasteiger partial charge on any atom is -0.152 e. The van der Waals surface area contributed by atoms with Crippen LogP contribution in [0.15, 0.2) is 39.7 Å². The third kappa shape index (κ3) is 11.9. The molecule has 33 heavy (non-hydrogen) atoms. The van der Waals surface area contributed by atoms with Crippen molar-refractivity contribution in [3.05, 3.63) is 56.4 Å². The maximum Gasteiger partial charge on any atom is 0.0474 e. The summed E-state index contributed by atoms with van der Waals surface area (Å²) in [6, 6.07) is 7.02. The summed E-state index contributed by atoms with van der Waals surface area (Å²) in [6.07, 6.45) is 20.1. The van der Waals surface area contributed by atoms with E-state index in [1.54, 1.807) is 22.5 Å².